The molecular weight excluding hydrogens is 340 g/mol. The van der Waals surface area contributed by atoms with Gasteiger partial charge in [0.25, 0.3) is 16.1 Å². The molecule has 1 aliphatic heterocycles. The molecule has 1 aromatic heterocycles. The van der Waals surface area contributed by atoms with Crippen molar-refractivity contribution in [1.82, 2.24) is 9.71 Å². The molecule has 0 fully saturated rings. The van der Waals surface area contributed by atoms with Crippen LogP contribution in [0.1, 0.15) is 29.8 Å². The van der Waals surface area contributed by atoms with Crippen molar-refractivity contribution in [2.45, 2.75) is 26.3 Å². The van der Waals surface area contributed by atoms with Crippen LogP contribution in [0.15, 0.2) is 42.7 Å². The van der Waals surface area contributed by atoms with Crippen LogP contribution in [0.25, 0.3) is 0 Å². The van der Waals surface area contributed by atoms with Crippen molar-refractivity contribution >= 4 is 27.5 Å². The monoisotopic (exact) mass is 360 g/mol. The van der Waals surface area contributed by atoms with Crippen LogP contribution in [0.4, 0.5) is 11.4 Å². The minimum Gasteiger partial charge on any atom is -0.308 e. The Morgan fingerprint density at radius 2 is 2.08 bits per heavy atom. The van der Waals surface area contributed by atoms with E-state index in [0.29, 0.717) is 17.8 Å². The van der Waals surface area contributed by atoms with E-state index in [-0.39, 0.29) is 11.9 Å². The average Bonchev–Trinajstić information content (AvgIpc) is 2.96. The summed E-state index contributed by atoms with van der Waals surface area (Å²) in [5, 5.41) is 0. The predicted octanol–water partition coefficient (Wildman–Crippen LogP) is 1.94. The summed E-state index contributed by atoms with van der Waals surface area (Å²) in [4.78, 5) is 18.3. The number of nitrogens with zero attached hydrogens (tertiary/aromatic N) is 2. The number of benzene rings is 1. The number of amides is 1. The first-order valence-corrected chi connectivity index (χ1v) is 9.49. The SMILES string of the molecule is CC(C)NS(=O)(=O)Nc1ccc2c(c1)N(C(=O)c1cccnc1)CC2. The van der Waals surface area contributed by atoms with E-state index in [0.717, 1.165) is 17.7 Å². The van der Waals surface area contributed by atoms with Crippen LogP contribution in [-0.2, 0) is 16.6 Å². The van der Waals surface area contributed by atoms with Crippen LogP contribution in [0, 0.1) is 0 Å². The number of aromatic nitrogens is 1. The Morgan fingerprint density at radius 3 is 2.76 bits per heavy atom. The van der Waals surface area contributed by atoms with Crippen LogP contribution in [0.3, 0.4) is 0 Å². The van der Waals surface area contributed by atoms with Gasteiger partial charge in [0.05, 0.1) is 11.3 Å². The number of carbonyl (C=O) groups is 1. The molecule has 0 atom stereocenters. The zero-order valence-corrected chi connectivity index (χ0v) is 14.9. The molecule has 0 saturated heterocycles. The number of carbonyl (C=O) groups excluding carboxylic acids is 1. The lowest BCUT2D eigenvalue weighted by atomic mass is 10.1. The van der Waals surface area contributed by atoms with Crippen molar-refractivity contribution in [3.63, 3.8) is 0 Å². The Morgan fingerprint density at radius 1 is 1.28 bits per heavy atom. The first-order chi connectivity index (χ1) is 11.9. The molecule has 3 rings (SSSR count). The zero-order chi connectivity index (χ0) is 18.0. The highest BCUT2D eigenvalue weighted by Crippen LogP contribution is 2.32. The van der Waals surface area contributed by atoms with Gasteiger partial charge >= 0.3 is 0 Å². The standard InChI is InChI=1S/C17H20N4O3S/c1-12(2)19-25(23,24)20-15-6-5-13-7-9-21(16(13)10-15)17(22)14-4-3-8-18-11-14/h3-6,8,10-12,19-20H,7,9H2,1-2H3. The van der Waals surface area contributed by atoms with E-state index in [1.165, 1.54) is 6.20 Å². The van der Waals surface area contributed by atoms with Gasteiger partial charge < -0.3 is 4.90 Å². The molecule has 0 radical (unpaired) electrons. The summed E-state index contributed by atoms with van der Waals surface area (Å²) >= 11 is 0. The van der Waals surface area contributed by atoms with E-state index in [1.807, 2.05) is 6.07 Å². The summed E-state index contributed by atoms with van der Waals surface area (Å²) in [6.45, 7) is 4.05. The topological polar surface area (TPSA) is 91.4 Å². The third-order valence-corrected chi connectivity index (χ3v) is 5.06. The summed E-state index contributed by atoms with van der Waals surface area (Å²) in [5.41, 5.74) is 2.65. The van der Waals surface area contributed by atoms with E-state index in [9.17, 15) is 13.2 Å². The Bertz CT molecular complexity index is 882. The molecule has 132 valence electrons. The van der Waals surface area contributed by atoms with Crippen LogP contribution in [-0.4, -0.2) is 31.9 Å². The highest BCUT2D eigenvalue weighted by molar-refractivity contribution is 7.90. The molecule has 2 heterocycles. The van der Waals surface area contributed by atoms with Gasteiger partial charge in [0.15, 0.2) is 0 Å². The zero-order valence-electron chi connectivity index (χ0n) is 14.1. The lowest BCUT2D eigenvalue weighted by Gasteiger charge is -2.18. The lowest BCUT2D eigenvalue weighted by Crippen LogP contribution is -2.35. The maximum atomic E-state index is 12.7. The number of rotatable bonds is 5. The lowest BCUT2D eigenvalue weighted by molar-refractivity contribution is 0.0989. The fourth-order valence-corrected chi connectivity index (χ4v) is 3.91. The summed E-state index contributed by atoms with van der Waals surface area (Å²) in [6, 6.07) is 8.46. The van der Waals surface area contributed by atoms with Crippen molar-refractivity contribution in [2.24, 2.45) is 0 Å². The second-order valence-corrected chi connectivity index (χ2v) is 7.62. The second kappa shape index (κ2) is 6.81. The Hall–Kier alpha value is -2.45. The number of nitrogens with one attached hydrogen (secondary N) is 2. The van der Waals surface area contributed by atoms with E-state index in [2.05, 4.69) is 14.4 Å². The quantitative estimate of drug-likeness (QED) is 0.852. The highest BCUT2D eigenvalue weighted by atomic mass is 32.2. The van der Waals surface area contributed by atoms with Crippen LogP contribution in [0.5, 0.6) is 0 Å². The molecule has 2 aromatic rings. The maximum Gasteiger partial charge on any atom is 0.299 e. The Balaban J connectivity index is 1.86. The van der Waals surface area contributed by atoms with Crippen molar-refractivity contribution in [3.05, 3.63) is 53.9 Å². The molecule has 7 nitrogen and oxygen atoms in total. The summed E-state index contributed by atoms with van der Waals surface area (Å²) < 4.78 is 29.0. The van der Waals surface area contributed by atoms with Gasteiger partial charge in [0, 0.05) is 30.7 Å². The molecule has 8 heteroatoms. The molecule has 1 aliphatic rings. The van der Waals surface area contributed by atoms with E-state index in [4.69, 9.17) is 0 Å². The minimum absolute atomic E-state index is 0.146. The fraction of sp³-hybridized carbons (Fsp3) is 0.294. The largest absolute Gasteiger partial charge is 0.308 e. The third kappa shape index (κ3) is 3.97. The van der Waals surface area contributed by atoms with Crippen LogP contribution in [0.2, 0.25) is 0 Å². The maximum absolute atomic E-state index is 12.7. The van der Waals surface area contributed by atoms with Gasteiger partial charge in [-0.05, 0) is 50.1 Å². The first kappa shape index (κ1) is 17.4. The van der Waals surface area contributed by atoms with Gasteiger partial charge in [0.1, 0.15) is 0 Å². The molecule has 1 amide bonds. The highest BCUT2D eigenvalue weighted by Gasteiger charge is 2.26. The molecule has 0 aliphatic carbocycles. The van der Waals surface area contributed by atoms with Crippen LogP contribution < -0.4 is 14.3 Å². The molecule has 0 saturated carbocycles. The van der Waals surface area contributed by atoms with Crippen molar-refractivity contribution in [2.75, 3.05) is 16.2 Å². The molecule has 25 heavy (non-hydrogen) atoms. The van der Waals surface area contributed by atoms with E-state index >= 15 is 0 Å². The summed E-state index contributed by atoms with van der Waals surface area (Å²) in [6.07, 6.45) is 3.88. The normalized spacial score (nSPS) is 13.8. The Kier molecular flexibility index (Phi) is 4.73. The minimum atomic E-state index is -3.65. The third-order valence-electron chi connectivity index (χ3n) is 3.78. The molecule has 0 spiro atoms. The number of hydrogen-bond acceptors (Lipinski definition) is 4. The van der Waals surface area contributed by atoms with Gasteiger partial charge in [-0.15, -0.1) is 0 Å². The molecule has 2 N–H and O–H groups in total. The van der Waals surface area contributed by atoms with Crippen molar-refractivity contribution in [3.8, 4) is 0 Å². The second-order valence-electron chi connectivity index (χ2n) is 6.17. The number of fused-ring (bicyclic) bond motifs is 1. The smallest absolute Gasteiger partial charge is 0.299 e. The van der Waals surface area contributed by atoms with Crippen LogP contribution >= 0.6 is 0 Å². The number of pyridine rings is 1. The van der Waals surface area contributed by atoms with Gasteiger partial charge in [-0.25, -0.2) is 0 Å². The molecule has 0 unspecified atom stereocenters. The van der Waals surface area contributed by atoms with Gasteiger partial charge in [-0.3, -0.25) is 14.5 Å². The average molecular weight is 360 g/mol. The fourth-order valence-electron chi connectivity index (χ4n) is 2.79. The Labute approximate surface area is 147 Å². The van der Waals surface area contributed by atoms with Crippen molar-refractivity contribution < 1.29 is 13.2 Å². The van der Waals surface area contributed by atoms with Crippen molar-refractivity contribution in [1.29, 1.82) is 0 Å². The molecule has 1 aromatic carbocycles. The number of hydrogen-bond donors (Lipinski definition) is 2. The van der Waals surface area contributed by atoms with E-state index in [1.54, 1.807) is 49.2 Å². The first-order valence-electron chi connectivity index (χ1n) is 8.00. The molecular formula is C17H20N4O3S. The van der Waals surface area contributed by atoms with E-state index < -0.39 is 10.2 Å². The predicted molar refractivity (Wildman–Crippen MR) is 96.9 cm³/mol. The number of anilines is 2. The van der Waals surface area contributed by atoms with Gasteiger partial charge in [-0.2, -0.15) is 13.1 Å². The van der Waals surface area contributed by atoms with Gasteiger partial charge in [-0.1, -0.05) is 6.07 Å². The molecule has 0 bridgehead atoms. The summed E-state index contributed by atoms with van der Waals surface area (Å²) in [7, 11) is -3.65. The summed E-state index contributed by atoms with van der Waals surface area (Å²) in [5.74, 6) is -0.146. The van der Waals surface area contributed by atoms with Gasteiger partial charge in [0.2, 0.25) is 0 Å².